The van der Waals surface area contributed by atoms with Crippen LogP contribution in [0, 0.1) is 47.1 Å². The SMILES string of the molecule is C[Si]1(C)c2ccc(-c3ccc4c(c3)-c3ccc(-n5c6ccc(F)cc6c6cc(C78CC9CC(CC(C9)C7)C8)ccc65)cc3[Si]4(C)C)cc2-c2ccc(-n3c4ccc(F)cc4c4cc(C56CC7CC(CC(C7)C5)C6)ccc43)cc21. The smallest absolute Gasteiger partial charge is 0.123 e. The van der Waals surface area contributed by atoms with Crippen LogP contribution in [0.5, 0.6) is 0 Å². The Hall–Kier alpha value is -6.35. The van der Waals surface area contributed by atoms with Gasteiger partial charge in [0, 0.05) is 32.9 Å². The van der Waals surface area contributed by atoms with Crippen LogP contribution in [0.1, 0.15) is 88.2 Å². The topological polar surface area (TPSA) is 9.86 Å². The van der Waals surface area contributed by atoms with Crippen LogP contribution in [0.3, 0.4) is 0 Å². The van der Waals surface area contributed by atoms with Gasteiger partial charge in [0.05, 0.1) is 22.1 Å². The summed E-state index contributed by atoms with van der Waals surface area (Å²) in [6.45, 7) is 10.1. The first kappa shape index (κ1) is 45.5. The lowest BCUT2D eigenvalue weighted by Crippen LogP contribution is -2.49. The van der Waals surface area contributed by atoms with E-state index in [-0.39, 0.29) is 22.5 Å². The fourth-order valence-corrected chi connectivity index (χ4v) is 26.4. The van der Waals surface area contributed by atoms with Crippen LogP contribution in [0.4, 0.5) is 8.78 Å². The Bertz CT molecular complexity index is 3990. The third-order valence-electron chi connectivity index (χ3n) is 22.9. The summed E-state index contributed by atoms with van der Waals surface area (Å²) in [5, 5.41) is 10.3. The van der Waals surface area contributed by atoms with Crippen LogP contribution in [-0.2, 0) is 10.8 Å². The van der Waals surface area contributed by atoms with E-state index in [1.165, 1.54) is 164 Å². The van der Waals surface area contributed by atoms with Gasteiger partial charge in [-0.2, -0.15) is 0 Å². The van der Waals surface area contributed by atoms with E-state index in [1.54, 1.807) is 24.3 Å². The Kier molecular flexibility index (Phi) is 8.93. The van der Waals surface area contributed by atoms with Crippen LogP contribution in [0.2, 0.25) is 26.2 Å². The van der Waals surface area contributed by atoms with Crippen LogP contribution in [0.25, 0.3) is 88.4 Å². The summed E-state index contributed by atoms with van der Waals surface area (Å²) in [5.74, 6) is 4.91. The fraction of sp³-hybridized carbons (Fsp3) is 0.333. The molecular formula is C72H66F2N2Si2. The van der Waals surface area contributed by atoms with Crippen LogP contribution < -0.4 is 20.7 Å². The molecule has 6 heteroatoms. The van der Waals surface area contributed by atoms with E-state index >= 15 is 8.78 Å². The van der Waals surface area contributed by atoms with Crippen LogP contribution >= 0.6 is 0 Å². The lowest BCUT2D eigenvalue weighted by molar-refractivity contribution is -0.00524. The fourth-order valence-electron chi connectivity index (χ4n) is 20.3. The molecule has 20 rings (SSSR count). The second kappa shape index (κ2) is 15.3. The summed E-state index contributed by atoms with van der Waals surface area (Å²) < 4.78 is 35.4. The predicted molar refractivity (Wildman–Crippen MR) is 325 cm³/mol. The molecule has 8 bridgehead atoms. The molecule has 0 saturated heterocycles. The van der Waals surface area contributed by atoms with Crippen molar-refractivity contribution in [3.63, 3.8) is 0 Å². The number of fused-ring (bicyclic) bond motifs is 12. The monoisotopic (exact) mass is 1050 g/mol. The van der Waals surface area contributed by atoms with Gasteiger partial charge in [-0.25, -0.2) is 8.78 Å². The maximum absolute atomic E-state index is 15.3. The van der Waals surface area contributed by atoms with Gasteiger partial charge in [-0.1, -0.05) is 74.7 Å². The third kappa shape index (κ3) is 6.12. The zero-order chi connectivity index (χ0) is 51.9. The Morgan fingerprint density at radius 2 is 0.692 bits per heavy atom. The molecule has 2 nitrogen and oxygen atoms in total. The average Bonchev–Trinajstić information content (AvgIpc) is 4.27. The predicted octanol–water partition coefficient (Wildman–Crippen LogP) is 16.4. The lowest BCUT2D eigenvalue weighted by Gasteiger charge is -2.57. The molecule has 10 aromatic rings. The Morgan fingerprint density at radius 3 is 1.06 bits per heavy atom. The molecule has 8 aromatic carbocycles. The number of aromatic nitrogens is 2. The first-order valence-electron chi connectivity index (χ1n) is 29.8. The van der Waals surface area contributed by atoms with Crippen molar-refractivity contribution in [1.82, 2.24) is 9.13 Å². The van der Waals surface area contributed by atoms with E-state index in [9.17, 15) is 0 Å². The van der Waals surface area contributed by atoms with Gasteiger partial charge in [0.2, 0.25) is 0 Å². The highest BCUT2D eigenvalue weighted by molar-refractivity contribution is 7.04. The molecule has 8 aliphatic carbocycles. The maximum atomic E-state index is 15.3. The van der Waals surface area contributed by atoms with E-state index in [2.05, 4.69) is 145 Å². The molecule has 0 spiro atoms. The van der Waals surface area contributed by atoms with Crippen molar-refractivity contribution in [3.8, 4) is 44.8 Å². The number of nitrogens with zero attached hydrogens (tertiary/aromatic N) is 2. The van der Waals surface area contributed by atoms with Crippen molar-refractivity contribution in [2.45, 2.75) is 114 Å². The number of hydrogen-bond donors (Lipinski definition) is 0. The molecule has 0 radical (unpaired) electrons. The number of halogens is 2. The zero-order valence-electron chi connectivity index (χ0n) is 45.5. The van der Waals surface area contributed by atoms with Gasteiger partial charge in [-0.15, -0.1) is 0 Å². The van der Waals surface area contributed by atoms with Crippen molar-refractivity contribution in [1.29, 1.82) is 0 Å². The molecule has 4 heterocycles. The minimum atomic E-state index is -2.10. The largest absolute Gasteiger partial charge is 0.309 e. The Balaban J connectivity index is 0.698. The first-order valence-corrected chi connectivity index (χ1v) is 35.8. The molecule has 386 valence electrons. The Morgan fingerprint density at radius 1 is 0.346 bits per heavy atom. The molecule has 8 saturated carbocycles. The standard InChI is InChI=1S/C72H66F2N2Si2/c1-77(2)67-19-5-47(27-61(67)55-13-11-53(33-69(55)77)75-63-15-7-49(29-57(63)59-31-51(73)9-17-65(59)75)71-35-41-21-42(36-71)23-43(22-41)37-71)48-6-20-68-62(28-48)56-14-12-54(34-70(56)78(68,3)4)76-64-16-8-50(30-58(64)60-32-52(74)10-18-66(60)76)72-38-44-24-45(39-72)26-46(25-44)40-72/h5-20,27-34,41-46H,21-26,35-40H2,1-4H3. The molecule has 2 aromatic heterocycles. The van der Waals surface area contributed by atoms with E-state index in [0.717, 1.165) is 68.7 Å². The minimum Gasteiger partial charge on any atom is -0.309 e. The van der Waals surface area contributed by atoms with Gasteiger partial charge >= 0.3 is 0 Å². The number of benzene rings is 8. The first-order chi connectivity index (χ1) is 37.8. The lowest BCUT2D eigenvalue weighted by atomic mass is 9.48. The number of hydrogen-bond acceptors (Lipinski definition) is 0. The average molecular weight is 1050 g/mol. The van der Waals surface area contributed by atoms with E-state index in [4.69, 9.17) is 0 Å². The molecule has 0 atom stereocenters. The van der Waals surface area contributed by atoms with Crippen molar-refractivity contribution in [2.75, 3.05) is 0 Å². The zero-order valence-corrected chi connectivity index (χ0v) is 47.5. The molecule has 78 heavy (non-hydrogen) atoms. The highest BCUT2D eigenvalue weighted by Gasteiger charge is 2.53. The van der Waals surface area contributed by atoms with Crippen LogP contribution in [0.15, 0.2) is 146 Å². The van der Waals surface area contributed by atoms with Crippen molar-refractivity contribution in [2.24, 2.45) is 35.5 Å². The van der Waals surface area contributed by atoms with Gasteiger partial charge in [-0.3, -0.25) is 0 Å². The van der Waals surface area contributed by atoms with E-state index in [0.29, 0.717) is 0 Å². The number of rotatable bonds is 5. The van der Waals surface area contributed by atoms with Crippen molar-refractivity contribution in [3.05, 3.63) is 168 Å². The van der Waals surface area contributed by atoms with Gasteiger partial charge in [0.1, 0.15) is 27.8 Å². The molecule has 0 amide bonds. The summed E-state index contributed by atoms with van der Waals surface area (Å²) in [5.41, 5.74) is 18.3. The molecule has 0 N–H and O–H groups in total. The Labute approximate surface area is 458 Å². The molecule has 8 fully saturated rings. The van der Waals surface area contributed by atoms with Gasteiger partial charge in [-0.05, 0) is 286 Å². The van der Waals surface area contributed by atoms with E-state index in [1.807, 2.05) is 12.1 Å². The minimum absolute atomic E-state index is 0.169. The van der Waals surface area contributed by atoms with E-state index < -0.39 is 16.1 Å². The molecule has 10 aliphatic rings. The van der Waals surface area contributed by atoms with Gasteiger partial charge < -0.3 is 9.13 Å². The maximum Gasteiger partial charge on any atom is 0.123 e. The molecular weight excluding hydrogens is 987 g/mol. The summed E-state index contributed by atoms with van der Waals surface area (Å²) in [6, 6.07) is 54.5. The second-order valence-electron chi connectivity index (χ2n) is 28.1. The molecule has 0 unspecified atom stereocenters. The summed E-state index contributed by atoms with van der Waals surface area (Å²) in [4.78, 5) is 0. The van der Waals surface area contributed by atoms with Crippen LogP contribution in [-0.4, -0.2) is 25.3 Å². The van der Waals surface area contributed by atoms with Crippen molar-refractivity contribution < 1.29 is 8.78 Å². The third-order valence-corrected chi connectivity index (χ3v) is 30.0. The summed E-state index contributed by atoms with van der Waals surface area (Å²) in [7, 11) is -4.19. The summed E-state index contributed by atoms with van der Waals surface area (Å²) >= 11 is 0. The highest BCUT2D eigenvalue weighted by atomic mass is 28.3. The second-order valence-corrected chi connectivity index (χ2v) is 36.7. The van der Waals surface area contributed by atoms with Gasteiger partial charge in [0.25, 0.3) is 0 Å². The summed E-state index contributed by atoms with van der Waals surface area (Å²) in [6.07, 6.45) is 16.5. The van der Waals surface area contributed by atoms with Gasteiger partial charge in [0.15, 0.2) is 0 Å². The normalized spacial score (nSPS) is 28.1. The highest BCUT2D eigenvalue weighted by Crippen LogP contribution is 2.62. The molecule has 2 aliphatic heterocycles. The quantitative estimate of drug-likeness (QED) is 0.152. The van der Waals surface area contributed by atoms with Crippen molar-refractivity contribution >= 4 is 80.5 Å².